The van der Waals surface area contributed by atoms with Gasteiger partial charge in [-0.2, -0.15) is 0 Å². The van der Waals surface area contributed by atoms with Crippen molar-refractivity contribution in [3.63, 3.8) is 0 Å². The lowest BCUT2D eigenvalue weighted by Gasteiger charge is -2.23. The van der Waals surface area contributed by atoms with Gasteiger partial charge in [0.05, 0.1) is 5.60 Å². The normalized spacial score (nSPS) is 13.2. The Hall–Kier alpha value is -0.810. The van der Waals surface area contributed by atoms with Gasteiger partial charge >= 0.3 is 6.03 Å². The average Bonchev–Trinajstić information content (AvgIpc) is 2.32. The van der Waals surface area contributed by atoms with Gasteiger partial charge < -0.3 is 20.5 Å². The summed E-state index contributed by atoms with van der Waals surface area (Å²) in [6, 6.07) is -0.188. The third-order valence-electron chi connectivity index (χ3n) is 2.89. The zero-order valence-corrected chi connectivity index (χ0v) is 11.4. The van der Waals surface area contributed by atoms with E-state index in [0.717, 1.165) is 12.8 Å². The Morgan fingerprint density at radius 2 is 2.06 bits per heavy atom. The maximum atomic E-state index is 11.5. The molecule has 0 bridgehead atoms. The molecule has 1 unspecified atom stereocenters. The fourth-order valence-electron chi connectivity index (χ4n) is 1.30. The summed E-state index contributed by atoms with van der Waals surface area (Å²) < 4.78 is 5.20. The summed E-state index contributed by atoms with van der Waals surface area (Å²) in [7, 11) is 1.62. The number of urea groups is 1. The number of amides is 2. The number of aliphatic hydroxyl groups is 1. The molecule has 0 rings (SSSR count). The number of rotatable bonds is 8. The van der Waals surface area contributed by atoms with Crippen molar-refractivity contribution in [3.8, 4) is 0 Å². The Kier molecular flexibility index (Phi) is 7.91. The van der Waals surface area contributed by atoms with Crippen LogP contribution in [0.15, 0.2) is 0 Å². The van der Waals surface area contributed by atoms with Crippen LogP contribution in [-0.2, 0) is 4.74 Å². The predicted molar refractivity (Wildman–Crippen MR) is 68.0 cm³/mol. The minimum absolute atomic E-state index is 0.165. The summed E-state index contributed by atoms with van der Waals surface area (Å²) in [6.07, 6.45) is 1.67. The molecule has 0 saturated carbocycles. The second-order valence-corrected chi connectivity index (χ2v) is 4.81. The molecular weight excluding hydrogens is 220 g/mol. The highest BCUT2D eigenvalue weighted by molar-refractivity contribution is 5.73. The minimum Gasteiger partial charge on any atom is -0.396 e. The Labute approximate surface area is 104 Å². The first kappa shape index (κ1) is 16.2. The molecule has 0 aliphatic heterocycles. The van der Waals surface area contributed by atoms with E-state index in [2.05, 4.69) is 10.6 Å². The fourth-order valence-corrected chi connectivity index (χ4v) is 1.30. The van der Waals surface area contributed by atoms with Crippen molar-refractivity contribution in [3.05, 3.63) is 0 Å². The fraction of sp³-hybridized carbons (Fsp3) is 0.917. The van der Waals surface area contributed by atoms with Crippen LogP contribution in [0.25, 0.3) is 0 Å². The number of ether oxygens (including phenoxy) is 1. The third-order valence-corrected chi connectivity index (χ3v) is 2.89. The zero-order valence-electron chi connectivity index (χ0n) is 11.4. The van der Waals surface area contributed by atoms with E-state index in [4.69, 9.17) is 9.84 Å². The van der Waals surface area contributed by atoms with Gasteiger partial charge in [-0.1, -0.05) is 13.3 Å². The van der Waals surface area contributed by atoms with E-state index in [-0.39, 0.29) is 18.2 Å². The first-order valence-electron chi connectivity index (χ1n) is 6.13. The Balaban J connectivity index is 3.79. The molecule has 0 fully saturated rings. The molecule has 0 radical (unpaired) electrons. The van der Waals surface area contributed by atoms with E-state index in [0.29, 0.717) is 19.0 Å². The van der Waals surface area contributed by atoms with Crippen LogP contribution in [-0.4, -0.2) is 43.5 Å². The van der Waals surface area contributed by atoms with Gasteiger partial charge in [-0.15, -0.1) is 0 Å². The molecule has 0 aromatic heterocycles. The molecule has 0 aromatic rings. The summed E-state index contributed by atoms with van der Waals surface area (Å²) in [4.78, 5) is 11.5. The SMILES string of the molecule is CCC(CCO)CNC(=O)NCC(C)(C)OC. The highest BCUT2D eigenvalue weighted by Gasteiger charge is 2.17. The molecule has 17 heavy (non-hydrogen) atoms. The Morgan fingerprint density at radius 3 is 2.53 bits per heavy atom. The largest absolute Gasteiger partial charge is 0.396 e. The lowest BCUT2D eigenvalue weighted by molar-refractivity contribution is 0.0253. The molecule has 0 aromatic carbocycles. The van der Waals surface area contributed by atoms with Gasteiger partial charge in [-0.3, -0.25) is 0 Å². The maximum absolute atomic E-state index is 11.5. The second kappa shape index (κ2) is 8.31. The molecule has 0 spiro atoms. The first-order chi connectivity index (χ1) is 7.95. The van der Waals surface area contributed by atoms with E-state index in [9.17, 15) is 4.79 Å². The number of nitrogens with one attached hydrogen (secondary N) is 2. The van der Waals surface area contributed by atoms with Crippen molar-refractivity contribution in [2.24, 2.45) is 5.92 Å². The van der Waals surface area contributed by atoms with Crippen LogP contribution in [0.2, 0.25) is 0 Å². The van der Waals surface area contributed by atoms with Crippen LogP contribution >= 0.6 is 0 Å². The standard InChI is InChI=1S/C12H26N2O3/c1-5-10(6-7-15)8-13-11(16)14-9-12(2,3)17-4/h10,15H,5-9H2,1-4H3,(H2,13,14,16). The van der Waals surface area contributed by atoms with Crippen LogP contribution < -0.4 is 10.6 Å². The van der Waals surface area contributed by atoms with Crippen molar-refractivity contribution in [1.29, 1.82) is 0 Å². The van der Waals surface area contributed by atoms with Gasteiger partial charge in [0.15, 0.2) is 0 Å². The molecule has 0 saturated heterocycles. The van der Waals surface area contributed by atoms with Gasteiger partial charge in [0.25, 0.3) is 0 Å². The summed E-state index contributed by atoms with van der Waals surface area (Å²) in [6.45, 7) is 7.09. The molecule has 5 nitrogen and oxygen atoms in total. The monoisotopic (exact) mass is 246 g/mol. The lowest BCUT2D eigenvalue weighted by Crippen LogP contribution is -2.45. The first-order valence-corrected chi connectivity index (χ1v) is 6.13. The zero-order chi connectivity index (χ0) is 13.3. The molecule has 3 N–H and O–H groups in total. The molecular formula is C12H26N2O3. The van der Waals surface area contributed by atoms with E-state index >= 15 is 0 Å². The minimum atomic E-state index is -0.355. The molecule has 2 amide bonds. The number of hydrogen-bond acceptors (Lipinski definition) is 3. The lowest BCUT2D eigenvalue weighted by atomic mass is 10.0. The number of methoxy groups -OCH3 is 1. The van der Waals surface area contributed by atoms with Crippen molar-refractivity contribution >= 4 is 6.03 Å². The third kappa shape index (κ3) is 7.99. The van der Waals surface area contributed by atoms with Gasteiger partial charge in [0.2, 0.25) is 0 Å². The molecule has 5 heteroatoms. The number of carbonyl (C=O) groups excluding carboxylic acids is 1. The molecule has 0 aliphatic carbocycles. The molecule has 0 heterocycles. The van der Waals surface area contributed by atoms with Gasteiger partial charge in [-0.25, -0.2) is 4.79 Å². The molecule has 0 aliphatic rings. The Morgan fingerprint density at radius 1 is 1.41 bits per heavy atom. The topological polar surface area (TPSA) is 70.6 Å². The molecule has 102 valence electrons. The van der Waals surface area contributed by atoms with E-state index in [1.165, 1.54) is 0 Å². The van der Waals surface area contributed by atoms with Gasteiger partial charge in [0, 0.05) is 26.8 Å². The quantitative estimate of drug-likeness (QED) is 0.601. The highest BCUT2D eigenvalue weighted by Crippen LogP contribution is 2.06. The second-order valence-electron chi connectivity index (χ2n) is 4.81. The average molecular weight is 246 g/mol. The van der Waals surface area contributed by atoms with Crippen LogP contribution in [0.4, 0.5) is 4.79 Å². The van der Waals surface area contributed by atoms with Crippen LogP contribution in [0.5, 0.6) is 0 Å². The van der Waals surface area contributed by atoms with Gasteiger partial charge in [0.1, 0.15) is 0 Å². The summed E-state index contributed by atoms with van der Waals surface area (Å²) in [5, 5.41) is 14.4. The maximum Gasteiger partial charge on any atom is 0.314 e. The number of carbonyl (C=O) groups is 1. The van der Waals surface area contributed by atoms with E-state index in [1.54, 1.807) is 7.11 Å². The van der Waals surface area contributed by atoms with Crippen LogP contribution in [0.1, 0.15) is 33.6 Å². The summed E-state index contributed by atoms with van der Waals surface area (Å²) in [5.74, 6) is 0.334. The van der Waals surface area contributed by atoms with Crippen LogP contribution in [0, 0.1) is 5.92 Å². The van der Waals surface area contributed by atoms with Crippen molar-refractivity contribution in [2.45, 2.75) is 39.2 Å². The smallest absolute Gasteiger partial charge is 0.314 e. The predicted octanol–water partition coefficient (Wildman–Crippen LogP) is 1.12. The highest BCUT2D eigenvalue weighted by atomic mass is 16.5. The Bertz CT molecular complexity index is 220. The summed E-state index contributed by atoms with van der Waals surface area (Å²) >= 11 is 0. The molecule has 1 atom stereocenters. The van der Waals surface area contributed by atoms with E-state index < -0.39 is 0 Å². The van der Waals surface area contributed by atoms with Gasteiger partial charge in [-0.05, 0) is 26.2 Å². The van der Waals surface area contributed by atoms with Crippen molar-refractivity contribution in [2.75, 3.05) is 26.8 Å². The van der Waals surface area contributed by atoms with E-state index in [1.807, 2.05) is 20.8 Å². The summed E-state index contributed by atoms with van der Waals surface area (Å²) in [5.41, 5.74) is -0.355. The van der Waals surface area contributed by atoms with Crippen molar-refractivity contribution in [1.82, 2.24) is 10.6 Å². The van der Waals surface area contributed by atoms with Crippen LogP contribution in [0.3, 0.4) is 0 Å². The number of hydrogen-bond donors (Lipinski definition) is 3. The van der Waals surface area contributed by atoms with Crippen molar-refractivity contribution < 1.29 is 14.6 Å². The number of aliphatic hydroxyl groups excluding tert-OH is 1.